The van der Waals surface area contributed by atoms with Crippen LogP contribution in [0, 0.1) is 18.7 Å². The summed E-state index contributed by atoms with van der Waals surface area (Å²) in [5.74, 6) is 0.904. The molecule has 1 aliphatic heterocycles. The normalized spacial score (nSPS) is 23.9. The third-order valence-corrected chi connectivity index (χ3v) is 4.73. The molecule has 3 atom stereocenters. The second-order valence-electron chi connectivity index (χ2n) is 6.42. The van der Waals surface area contributed by atoms with Crippen molar-refractivity contribution in [3.63, 3.8) is 0 Å². The summed E-state index contributed by atoms with van der Waals surface area (Å²) in [4.78, 5) is 6.54. The molecule has 0 spiro atoms. The van der Waals surface area contributed by atoms with Gasteiger partial charge in [0.25, 0.3) is 0 Å². The standard InChI is InChI=1S/C17H22FN3O2/c1-10-4-5-13(8-14(10)18)16-19-17(23-20-16)12(3)21-7-6-11(2)15(22)9-21/h4-5,8,11-12,15,22H,6-7,9H2,1-3H3. The molecule has 3 unspecified atom stereocenters. The Bertz CT molecular complexity index is 688. The van der Waals surface area contributed by atoms with Gasteiger partial charge in [0, 0.05) is 12.1 Å². The lowest BCUT2D eigenvalue weighted by atomic mass is 9.95. The Labute approximate surface area is 135 Å². The number of likely N-dealkylation sites (tertiary alicyclic amines) is 1. The van der Waals surface area contributed by atoms with E-state index in [0.29, 0.717) is 35.3 Å². The predicted octanol–water partition coefficient (Wildman–Crippen LogP) is 2.95. The Hall–Kier alpha value is -1.79. The van der Waals surface area contributed by atoms with E-state index < -0.39 is 0 Å². The summed E-state index contributed by atoms with van der Waals surface area (Å²) in [5, 5.41) is 14.0. The number of aromatic nitrogens is 2. The molecule has 1 N–H and O–H groups in total. The number of halogens is 1. The molecule has 124 valence electrons. The third-order valence-electron chi connectivity index (χ3n) is 4.73. The van der Waals surface area contributed by atoms with E-state index >= 15 is 0 Å². The zero-order valence-electron chi connectivity index (χ0n) is 13.7. The van der Waals surface area contributed by atoms with Crippen molar-refractivity contribution in [3.8, 4) is 11.4 Å². The van der Waals surface area contributed by atoms with Gasteiger partial charge in [-0.1, -0.05) is 24.2 Å². The Kier molecular flexibility index (Phi) is 4.46. The Balaban J connectivity index is 1.77. The van der Waals surface area contributed by atoms with Gasteiger partial charge in [0.1, 0.15) is 5.82 Å². The molecule has 2 heterocycles. The number of aryl methyl sites for hydroxylation is 1. The van der Waals surface area contributed by atoms with Gasteiger partial charge >= 0.3 is 0 Å². The van der Waals surface area contributed by atoms with Crippen LogP contribution < -0.4 is 0 Å². The van der Waals surface area contributed by atoms with Crippen LogP contribution in [0.5, 0.6) is 0 Å². The first-order valence-corrected chi connectivity index (χ1v) is 7.98. The van der Waals surface area contributed by atoms with Gasteiger partial charge in [-0.3, -0.25) is 4.90 Å². The molecule has 6 heteroatoms. The summed E-state index contributed by atoms with van der Waals surface area (Å²) in [6.07, 6.45) is 0.607. The van der Waals surface area contributed by atoms with E-state index in [1.54, 1.807) is 19.1 Å². The van der Waals surface area contributed by atoms with Gasteiger partial charge < -0.3 is 9.63 Å². The average Bonchev–Trinajstić information content (AvgIpc) is 3.02. The fourth-order valence-electron chi connectivity index (χ4n) is 2.84. The van der Waals surface area contributed by atoms with Crippen molar-refractivity contribution in [1.82, 2.24) is 15.0 Å². The first-order chi connectivity index (χ1) is 11.0. The van der Waals surface area contributed by atoms with Gasteiger partial charge in [0.05, 0.1) is 12.1 Å². The van der Waals surface area contributed by atoms with Crippen molar-refractivity contribution in [2.45, 2.75) is 39.3 Å². The van der Waals surface area contributed by atoms with Gasteiger partial charge in [-0.15, -0.1) is 0 Å². The zero-order valence-corrected chi connectivity index (χ0v) is 13.7. The van der Waals surface area contributed by atoms with Gasteiger partial charge in [0.15, 0.2) is 0 Å². The lowest BCUT2D eigenvalue weighted by Crippen LogP contribution is -2.43. The molecule has 1 aliphatic rings. The molecule has 23 heavy (non-hydrogen) atoms. The molecule has 1 aromatic carbocycles. The molecule has 0 radical (unpaired) electrons. The molecule has 3 rings (SSSR count). The Morgan fingerprint density at radius 1 is 1.43 bits per heavy atom. The number of nitrogens with zero attached hydrogens (tertiary/aromatic N) is 3. The number of benzene rings is 1. The van der Waals surface area contributed by atoms with Crippen LogP contribution >= 0.6 is 0 Å². The molecule has 0 amide bonds. The van der Waals surface area contributed by atoms with Crippen molar-refractivity contribution >= 4 is 0 Å². The van der Waals surface area contributed by atoms with Crippen LogP contribution in [-0.4, -0.2) is 39.3 Å². The Morgan fingerprint density at radius 2 is 2.22 bits per heavy atom. The molecule has 1 fully saturated rings. The summed E-state index contributed by atoms with van der Waals surface area (Å²) < 4.78 is 19.0. The monoisotopic (exact) mass is 319 g/mol. The summed E-state index contributed by atoms with van der Waals surface area (Å²) in [7, 11) is 0. The van der Waals surface area contributed by atoms with E-state index in [2.05, 4.69) is 22.0 Å². The highest BCUT2D eigenvalue weighted by atomic mass is 19.1. The third kappa shape index (κ3) is 3.28. The summed E-state index contributed by atoms with van der Waals surface area (Å²) >= 11 is 0. The number of aliphatic hydroxyl groups excluding tert-OH is 1. The van der Waals surface area contributed by atoms with Crippen LogP contribution in [0.4, 0.5) is 4.39 Å². The van der Waals surface area contributed by atoms with Crippen molar-refractivity contribution in [2.75, 3.05) is 13.1 Å². The van der Waals surface area contributed by atoms with Crippen molar-refractivity contribution in [1.29, 1.82) is 0 Å². The number of aliphatic hydroxyl groups is 1. The maximum absolute atomic E-state index is 13.7. The molecule has 0 saturated carbocycles. The second-order valence-corrected chi connectivity index (χ2v) is 6.42. The molecule has 2 aromatic rings. The maximum atomic E-state index is 13.7. The smallest absolute Gasteiger partial charge is 0.244 e. The van der Waals surface area contributed by atoms with E-state index in [1.807, 2.05) is 6.92 Å². The van der Waals surface area contributed by atoms with Gasteiger partial charge in [-0.05, 0) is 44.4 Å². The number of hydrogen-bond acceptors (Lipinski definition) is 5. The van der Waals surface area contributed by atoms with Crippen LogP contribution in [0.2, 0.25) is 0 Å². The SMILES string of the molecule is Cc1ccc(-c2noc(C(C)N3CCC(C)C(O)C3)n2)cc1F. The highest BCUT2D eigenvalue weighted by Crippen LogP contribution is 2.27. The molecule has 0 bridgehead atoms. The molecule has 1 saturated heterocycles. The zero-order chi connectivity index (χ0) is 16.6. The van der Waals surface area contributed by atoms with Crippen LogP contribution in [-0.2, 0) is 0 Å². The first-order valence-electron chi connectivity index (χ1n) is 7.98. The van der Waals surface area contributed by atoms with Gasteiger partial charge in [0.2, 0.25) is 11.7 Å². The highest BCUT2D eigenvalue weighted by Gasteiger charge is 2.30. The second kappa shape index (κ2) is 6.37. The number of rotatable bonds is 3. The molecular formula is C17H22FN3O2. The lowest BCUT2D eigenvalue weighted by Gasteiger charge is -2.36. The number of hydrogen-bond donors (Lipinski definition) is 1. The van der Waals surface area contributed by atoms with Gasteiger partial charge in [-0.2, -0.15) is 4.98 Å². The largest absolute Gasteiger partial charge is 0.392 e. The van der Waals surface area contributed by atoms with E-state index in [0.717, 1.165) is 13.0 Å². The molecular weight excluding hydrogens is 297 g/mol. The molecule has 5 nitrogen and oxygen atoms in total. The summed E-state index contributed by atoms with van der Waals surface area (Å²) in [6.45, 7) is 7.24. The van der Waals surface area contributed by atoms with Crippen LogP contribution in [0.1, 0.15) is 37.8 Å². The number of piperidine rings is 1. The van der Waals surface area contributed by atoms with Crippen LogP contribution in [0.15, 0.2) is 22.7 Å². The van der Waals surface area contributed by atoms with Crippen molar-refractivity contribution in [2.24, 2.45) is 5.92 Å². The quantitative estimate of drug-likeness (QED) is 0.942. The van der Waals surface area contributed by atoms with Crippen molar-refractivity contribution < 1.29 is 14.0 Å². The minimum atomic E-state index is -0.334. The topological polar surface area (TPSA) is 62.4 Å². The fourth-order valence-corrected chi connectivity index (χ4v) is 2.84. The van der Waals surface area contributed by atoms with E-state index in [9.17, 15) is 9.50 Å². The first kappa shape index (κ1) is 16.1. The van der Waals surface area contributed by atoms with E-state index in [4.69, 9.17) is 4.52 Å². The van der Waals surface area contributed by atoms with E-state index in [-0.39, 0.29) is 18.0 Å². The Morgan fingerprint density at radius 3 is 2.91 bits per heavy atom. The van der Waals surface area contributed by atoms with Crippen LogP contribution in [0.3, 0.4) is 0 Å². The number of β-amino-alcohol motifs (C(OH)–C–C–N with tert-alkyl or cyclic N) is 1. The van der Waals surface area contributed by atoms with E-state index in [1.165, 1.54) is 6.07 Å². The van der Waals surface area contributed by atoms with Crippen molar-refractivity contribution in [3.05, 3.63) is 35.5 Å². The maximum Gasteiger partial charge on any atom is 0.244 e. The predicted molar refractivity (Wildman–Crippen MR) is 84.2 cm³/mol. The minimum absolute atomic E-state index is 0.0753. The molecule has 1 aromatic heterocycles. The highest BCUT2D eigenvalue weighted by molar-refractivity contribution is 5.54. The lowest BCUT2D eigenvalue weighted by molar-refractivity contribution is 0.00707. The van der Waals surface area contributed by atoms with Crippen LogP contribution in [0.25, 0.3) is 11.4 Å². The molecule has 0 aliphatic carbocycles. The minimum Gasteiger partial charge on any atom is -0.392 e. The fraction of sp³-hybridized carbons (Fsp3) is 0.529. The summed E-state index contributed by atoms with van der Waals surface area (Å²) in [5.41, 5.74) is 1.19. The van der Waals surface area contributed by atoms with Gasteiger partial charge in [-0.25, -0.2) is 4.39 Å². The summed E-state index contributed by atoms with van der Waals surface area (Å²) in [6, 6.07) is 4.83. The average molecular weight is 319 g/mol.